The van der Waals surface area contributed by atoms with Gasteiger partial charge in [-0.2, -0.15) is 0 Å². The van der Waals surface area contributed by atoms with Gasteiger partial charge in [-0.25, -0.2) is 9.59 Å². The molecule has 0 bridgehead atoms. The van der Waals surface area contributed by atoms with Crippen molar-refractivity contribution in [2.75, 3.05) is 38.2 Å². The maximum absolute atomic E-state index is 12.3. The molecule has 2 aromatic rings. The zero-order chi connectivity index (χ0) is 18.4. The number of esters is 1. The number of benzene rings is 1. The Morgan fingerprint density at radius 1 is 1.08 bits per heavy atom. The number of aromatic nitrogens is 1. The Hall–Kier alpha value is -3.09. The third kappa shape index (κ3) is 4.11. The molecule has 1 aromatic heterocycles. The van der Waals surface area contributed by atoms with Gasteiger partial charge in [-0.15, -0.1) is 0 Å². The number of carbonyl (C=O) groups excluding carboxylic acids is 2. The van der Waals surface area contributed by atoms with Gasteiger partial charge in [0.25, 0.3) is 0 Å². The summed E-state index contributed by atoms with van der Waals surface area (Å²) in [6.07, 6.45) is 1.71. The van der Waals surface area contributed by atoms with Crippen LogP contribution in [0.2, 0.25) is 0 Å². The van der Waals surface area contributed by atoms with Gasteiger partial charge in [-0.1, -0.05) is 18.2 Å². The maximum atomic E-state index is 12.3. The van der Waals surface area contributed by atoms with E-state index < -0.39 is 0 Å². The first kappa shape index (κ1) is 17.7. The van der Waals surface area contributed by atoms with E-state index in [1.54, 1.807) is 17.2 Å². The highest BCUT2D eigenvalue weighted by molar-refractivity contribution is 5.95. The fraction of sp³-hybridized carbons (Fsp3) is 0.316. The fourth-order valence-electron chi connectivity index (χ4n) is 2.96. The summed E-state index contributed by atoms with van der Waals surface area (Å²) in [5, 5.41) is 2.89. The molecule has 0 unspecified atom stereocenters. The highest BCUT2D eigenvalue weighted by Crippen LogP contribution is 2.22. The molecular weight excluding hydrogens is 332 g/mol. The lowest BCUT2D eigenvalue weighted by molar-refractivity contribution is 0.0601. The predicted molar refractivity (Wildman–Crippen MR) is 98.0 cm³/mol. The number of para-hydroxylation sites is 1. The van der Waals surface area contributed by atoms with Crippen LogP contribution in [0.1, 0.15) is 16.1 Å². The van der Waals surface area contributed by atoms with E-state index in [0.29, 0.717) is 38.3 Å². The van der Waals surface area contributed by atoms with Crippen molar-refractivity contribution in [2.24, 2.45) is 0 Å². The van der Waals surface area contributed by atoms with E-state index in [2.05, 4.69) is 15.2 Å². The van der Waals surface area contributed by atoms with E-state index in [4.69, 9.17) is 4.74 Å². The Labute approximate surface area is 152 Å². The number of hydrogen-bond donors (Lipinski definition) is 1. The van der Waals surface area contributed by atoms with Gasteiger partial charge in [0.05, 0.1) is 30.6 Å². The second-order valence-electron chi connectivity index (χ2n) is 5.96. The van der Waals surface area contributed by atoms with Gasteiger partial charge in [-0.05, 0) is 24.3 Å². The minimum atomic E-state index is -0.351. The van der Waals surface area contributed by atoms with Crippen LogP contribution in [0.25, 0.3) is 0 Å². The summed E-state index contributed by atoms with van der Waals surface area (Å²) in [6.45, 7) is 2.90. The molecule has 136 valence electrons. The molecule has 1 aliphatic rings. The molecule has 26 heavy (non-hydrogen) atoms. The minimum absolute atomic E-state index is 0.100. The first-order valence-corrected chi connectivity index (χ1v) is 8.54. The molecule has 2 heterocycles. The van der Waals surface area contributed by atoms with Crippen LogP contribution in [0.4, 0.5) is 10.5 Å². The molecule has 0 aliphatic carbocycles. The van der Waals surface area contributed by atoms with Crippen LogP contribution >= 0.6 is 0 Å². The molecule has 0 saturated carbocycles. The molecule has 0 radical (unpaired) electrons. The number of carbonyl (C=O) groups is 2. The average molecular weight is 354 g/mol. The predicted octanol–water partition coefficient (Wildman–Crippen LogP) is 1.90. The molecule has 1 fully saturated rings. The number of methoxy groups -OCH3 is 1. The summed E-state index contributed by atoms with van der Waals surface area (Å²) < 4.78 is 4.86. The smallest absolute Gasteiger partial charge is 0.339 e. The summed E-state index contributed by atoms with van der Waals surface area (Å²) in [7, 11) is 1.38. The van der Waals surface area contributed by atoms with Gasteiger partial charge in [0.1, 0.15) is 0 Å². The Morgan fingerprint density at radius 2 is 1.81 bits per heavy atom. The van der Waals surface area contributed by atoms with Crippen molar-refractivity contribution >= 4 is 17.7 Å². The highest BCUT2D eigenvalue weighted by atomic mass is 16.5. The van der Waals surface area contributed by atoms with Crippen molar-refractivity contribution in [3.05, 3.63) is 59.9 Å². The number of pyridine rings is 1. The Morgan fingerprint density at radius 3 is 2.50 bits per heavy atom. The van der Waals surface area contributed by atoms with Gasteiger partial charge in [0.2, 0.25) is 0 Å². The average Bonchev–Trinajstić information content (AvgIpc) is 2.72. The largest absolute Gasteiger partial charge is 0.465 e. The zero-order valence-electron chi connectivity index (χ0n) is 14.7. The summed E-state index contributed by atoms with van der Waals surface area (Å²) in [6, 6.07) is 12.9. The number of amides is 2. The third-order valence-corrected chi connectivity index (χ3v) is 4.36. The fourth-order valence-corrected chi connectivity index (χ4v) is 2.96. The molecule has 0 spiro atoms. The van der Waals surface area contributed by atoms with Gasteiger partial charge in [-0.3, -0.25) is 4.98 Å². The molecule has 1 N–H and O–H groups in total. The van der Waals surface area contributed by atoms with Crippen LogP contribution in [0.5, 0.6) is 0 Å². The number of hydrogen-bond acceptors (Lipinski definition) is 5. The van der Waals surface area contributed by atoms with Gasteiger partial charge in [0.15, 0.2) is 0 Å². The minimum Gasteiger partial charge on any atom is -0.465 e. The number of anilines is 1. The molecule has 1 aromatic carbocycles. The molecule has 1 saturated heterocycles. The molecule has 2 amide bonds. The summed E-state index contributed by atoms with van der Waals surface area (Å²) >= 11 is 0. The zero-order valence-corrected chi connectivity index (χ0v) is 14.7. The van der Waals surface area contributed by atoms with Crippen molar-refractivity contribution in [1.29, 1.82) is 0 Å². The lowest BCUT2D eigenvalue weighted by Crippen LogP contribution is -2.52. The van der Waals surface area contributed by atoms with Gasteiger partial charge >= 0.3 is 12.0 Å². The first-order chi connectivity index (χ1) is 12.7. The molecular formula is C19H22N4O3. The SMILES string of the molecule is COC(=O)c1ccccc1N1CCN(C(=O)NCc2ccccn2)CC1. The van der Waals surface area contributed by atoms with E-state index in [1.165, 1.54) is 7.11 Å². The van der Waals surface area contributed by atoms with E-state index in [-0.39, 0.29) is 12.0 Å². The number of urea groups is 1. The topological polar surface area (TPSA) is 74.8 Å². The van der Waals surface area contributed by atoms with Crippen LogP contribution < -0.4 is 10.2 Å². The summed E-state index contributed by atoms with van der Waals surface area (Å²) in [5.74, 6) is -0.351. The van der Waals surface area contributed by atoms with E-state index in [1.807, 2.05) is 36.4 Å². The van der Waals surface area contributed by atoms with Crippen LogP contribution in [-0.4, -0.2) is 55.2 Å². The lowest BCUT2D eigenvalue weighted by Gasteiger charge is -2.36. The third-order valence-electron chi connectivity index (χ3n) is 4.36. The van der Waals surface area contributed by atoms with Gasteiger partial charge in [0, 0.05) is 32.4 Å². The number of piperazine rings is 1. The first-order valence-electron chi connectivity index (χ1n) is 8.54. The molecule has 0 atom stereocenters. The van der Waals surface area contributed by atoms with Crippen LogP contribution in [-0.2, 0) is 11.3 Å². The van der Waals surface area contributed by atoms with Crippen molar-refractivity contribution in [2.45, 2.75) is 6.54 Å². The van der Waals surface area contributed by atoms with E-state index in [0.717, 1.165) is 11.4 Å². The molecule has 7 nitrogen and oxygen atoms in total. The molecule has 7 heteroatoms. The number of rotatable bonds is 4. The highest BCUT2D eigenvalue weighted by Gasteiger charge is 2.24. The van der Waals surface area contributed by atoms with E-state index >= 15 is 0 Å². The van der Waals surface area contributed by atoms with Crippen LogP contribution in [0.3, 0.4) is 0 Å². The van der Waals surface area contributed by atoms with Crippen LogP contribution in [0.15, 0.2) is 48.7 Å². The van der Waals surface area contributed by atoms with Crippen LogP contribution in [0, 0.1) is 0 Å². The maximum Gasteiger partial charge on any atom is 0.339 e. The van der Waals surface area contributed by atoms with E-state index in [9.17, 15) is 9.59 Å². The Balaban J connectivity index is 1.56. The van der Waals surface area contributed by atoms with Crippen molar-refractivity contribution in [3.63, 3.8) is 0 Å². The molecule has 3 rings (SSSR count). The second-order valence-corrected chi connectivity index (χ2v) is 5.96. The summed E-state index contributed by atoms with van der Waals surface area (Å²) in [4.78, 5) is 32.4. The second kappa shape index (κ2) is 8.33. The Bertz CT molecular complexity index is 758. The number of nitrogens with zero attached hydrogens (tertiary/aromatic N) is 3. The van der Waals surface area contributed by atoms with Crippen molar-refractivity contribution in [3.8, 4) is 0 Å². The van der Waals surface area contributed by atoms with Crippen molar-refractivity contribution in [1.82, 2.24) is 15.2 Å². The lowest BCUT2D eigenvalue weighted by atomic mass is 10.1. The monoisotopic (exact) mass is 354 g/mol. The van der Waals surface area contributed by atoms with Gasteiger partial charge < -0.3 is 19.9 Å². The number of ether oxygens (including phenoxy) is 1. The quantitative estimate of drug-likeness (QED) is 0.849. The number of nitrogens with one attached hydrogen (secondary N) is 1. The summed E-state index contributed by atoms with van der Waals surface area (Å²) in [5.41, 5.74) is 2.21. The standard InChI is InChI=1S/C19H22N4O3/c1-26-18(24)16-7-2-3-8-17(16)22-10-12-23(13-11-22)19(25)21-14-15-6-4-5-9-20-15/h2-9H,10-14H2,1H3,(H,21,25). The van der Waals surface area contributed by atoms with Crippen molar-refractivity contribution < 1.29 is 14.3 Å². The Kier molecular flexibility index (Phi) is 5.68. The molecule has 1 aliphatic heterocycles. The normalized spacial score (nSPS) is 14.0.